The second kappa shape index (κ2) is 7.24. The molecule has 0 aromatic carbocycles. The van der Waals surface area contributed by atoms with Crippen LogP contribution in [0.3, 0.4) is 0 Å². The lowest BCUT2D eigenvalue weighted by Crippen LogP contribution is -2.39. The van der Waals surface area contributed by atoms with E-state index >= 15 is 0 Å². The van der Waals surface area contributed by atoms with Crippen LogP contribution in [-0.4, -0.2) is 42.2 Å². The van der Waals surface area contributed by atoms with E-state index in [1.807, 2.05) is 12.1 Å². The lowest BCUT2D eigenvalue weighted by molar-refractivity contribution is 0.0958. The van der Waals surface area contributed by atoms with Gasteiger partial charge in [-0.1, -0.05) is 19.3 Å². The van der Waals surface area contributed by atoms with Gasteiger partial charge in [0.2, 0.25) is 0 Å². The Balaban J connectivity index is 2.21. The number of hydrogen-bond acceptors (Lipinski definition) is 4. The first kappa shape index (κ1) is 14.8. The van der Waals surface area contributed by atoms with Crippen LogP contribution in [-0.2, 0) is 0 Å². The second-order valence-corrected chi connectivity index (χ2v) is 5.19. The number of aromatic nitrogens is 1. The largest absolute Gasteiger partial charge is 0.395 e. The third-order valence-corrected chi connectivity index (χ3v) is 3.89. The molecule has 1 fully saturated rings. The number of amides is 1. The van der Waals surface area contributed by atoms with Gasteiger partial charge in [-0.3, -0.25) is 9.78 Å². The third kappa shape index (κ3) is 3.48. The van der Waals surface area contributed by atoms with Gasteiger partial charge in [-0.05, 0) is 25.0 Å². The van der Waals surface area contributed by atoms with Crippen molar-refractivity contribution in [2.45, 2.75) is 38.1 Å². The van der Waals surface area contributed by atoms with E-state index in [0.717, 1.165) is 18.5 Å². The number of nitrogens with zero attached hydrogens (tertiary/aromatic N) is 2. The van der Waals surface area contributed by atoms with Crippen molar-refractivity contribution in [2.24, 2.45) is 0 Å². The van der Waals surface area contributed by atoms with E-state index in [4.69, 9.17) is 0 Å². The van der Waals surface area contributed by atoms with Crippen LogP contribution in [0.25, 0.3) is 0 Å². The van der Waals surface area contributed by atoms with Crippen molar-refractivity contribution >= 4 is 11.6 Å². The van der Waals surface area contributed by atoms with Crippen LogP contribution in [0.1, 0.15) is 42.6 Å². The first-order valence-corrected chi connectivity index (χ1v) is 7.32. The summed E-state index contributed by atoms with van der Waals surface area (Å²) in [6.07, 6.45) is 7.73. The molecule has 0 unspecified atom stereocenters. The third-order valence-electron chi connectivity index (χ3n) is 3.89. The lowest BCUT2D eigenvalue weighted by atomic mass is 9.94. The number of aliphatic hydroxyl groups is 1. The van der Waals surface area contributed by atoms with E-state index in [2.05, 4.69) is 15.2 Å². The Morgan fingerprint density at radius 3 is 2.85 bits per heavy atom. The molecule has 2 N–H and O–H groups in total. The number of rotatable bonds is 5. The molecule has 1 saturated carbocycles. The fourth-order valence-corrected chi connectivity index (χ4v) is 2.87. The Kier molecular flexibility index (Phi) is 5.35. The van der Waals surface area contributed by atoms with Crippen molar-refractivity contribution in [1.29, 1.82) is 0 Å². The lowest BCUT2D eigenvalue weighted by Gasteiger charge is -2.35. The number of nitrogens with one attached hydrogen (secondary N) is 1. The minimum atomic E-state index is -0.181. The smallest absolute Gasteiger partial charge is 0.269 e. The molecular weight excluding hydrogens is 254 g/mol. The fraction of sp³-hybridized carbons (Fsp3) is 0.600. The summed E-state index contributed by atoms with van der Waals surface area (Å²) in [6.45, 7) is 0.718. The summed E-state index contributed by atoms with van der Waals surface area (Å²) in [4.78, 5) is 18.0. The standard InChI is InChI=1S/C15H23N3O2/c1-16-15(20)14-11-13(7-8-17-14)18(9-10-19)12-5-3-2-4-6-12/h7-8,11-12,19H,2-6,9-10H2,1H3,(H,16,20). The van der Waals surface area contributed by atoms with Crippen molar-refractivity contribution in [3.63, 3.8) is 0 Å². The zero-order valence-electron chi connectivity index (χ0n) is 12.0. The van der Waals surface area contributed by atoms with Gasteiger partial charge in [0.1, 0.15) is 5.69 Å². The highest BCUT2D eigenvalue weighted by Gasteiger charge is 2.21. The average molecular weight is 277 g/mol. The van der Waals surface area contributed by atoms with Crippen LogP contribution >= 0.6 is 0 Å². The summed E-state index contributed by atoms with van der Waals surface area (Å²) < 4.78 is 0. The summed E-state index contributed by atoms with van der Waals surface area (Å²) in [6, 6.07) is 4.18. The summed E-state index contributed by atoms with van der Waals surface area (Å²) in [5.74, 6) is -0.181. The van der Waals surface area contributed by atoms with E-state index < -0.39 is 0 Å². The highest BCUT2D eigenvalue weighted by molar-refractivity contribution is 5.92. The van der Waals surface area contributed by atoms with Crippen LogP contribution in [0.4, 0.5) is 5.69 Å². The number of anilines is 1. The maximum atomic E-state index is 11.7. The van der Waals surface area contributed by atoms with E-state index in [1.165, 1.54) is 19.3 Å². The number of carbonyl (C=O) groups excluding carboxylic acids is 1. The zero-order valence-corrected chi connectivity index (χ0v) is 12.0. The number of pyridine rings is 1. The molecule has 2 rings (SSSR count). The van der Waals surface area contributed by atoms with Crippen LogP contribution in [0.5, 0.6) is 0 Å². The maximum absolute atomic E-state index is 11.7. The molecule has 5 heteroatoms. The van der Waals surface area contributed by atoms with Crippen LogP contribution in [0.2, 0.25) is 0 Å². The number of carbonyl (C=O) groups is 1. The van der Waals surface area contributed by atoms with E-state index in [0.29, 0.717) is 18.3 Å². The summed E-state index contributed by atoms with van der Waals surface area (Å²) in [7, 11) is 1.60. The molecule has 5 nitrogen and oxygen atoms in total. The Morgan fingerprint density at radius 2 is 2.20 bits per heavy atom. The molecule has 110 valence electrons. The van der Waals surface area contributed by atoms with Crippen molar-refractivity contribution in [2.75, 3.05) is 25.1 Å². The predicted molar refractivity (Wildman–Crippen MR) is 78.9 cm³/mol. The summed E-state index contributed by atoms with van der Waals surface area (Å²) >= 11 is 0. The van der Waals surface area contributed by atoms with Crippen molar-refractivity contribution < 1.29 is 9.90 Å². The molecule has 0 atom stereocenters. The van der Waals surface area contributed by atoms with E-state index in [9.17, 15) is 9.90 Å². The van der Waals surface area contributed by atoms with Crippen LogP contribution in [0.15, 0.2) is 18.3 Å². The van der Waals surface area contributed by atoms with E-state index in [-0.39, 0.29) is 12.5 Å². The van der Waals surface area contributed by atoms with Gasteiger partial charge in [0.15, 0.2) is 0 Å². The normalized spacial score (nSPS) is 15.9. The Morgan fingerprint density at radius 1 is 1.45 bits per heavy atom. The van der Waals surface area contributed by atoms with E-state index in [1.54, 1.807) is 13.2 Å². The van der Waals surface area contributed by atoms with Gasteiger partial charge in [0, 0.05) is 31.5 Å². The van der Waals surface area contributed by atoms with Gasteiger partial charge in [-0.15, -0.1) is 0 Å². The molecule has 1 amide bonds. The quantitative estimate of drug-likeness (QED) is 0.857. The summed E-state index contributed by atoms with van der Waals surface area (Å²) in [5, 5.41) is 11.9. The van der Waals surface area contributed by atoms with Crippen molar-refractivity contribution in [3.05, 3.63) is 24.0 Å². The molecule has 1 heterocycles. The molecule has 1 aliphatic rings. The fourth-order valence-electron chi connectivity index (χ4n) is 2.87. The van der Waals surface area contributed by atoms with Gasteiger partial charge < -0.3 is 15.3 Å². The van der Waals surface area contributed by atoms with Gasteiger partial charge in [0.25, 0.3) is 5.91 Å². The van der Waals surface area contributed by atoms with Crippen LogP contribution < -0.4 is 10.2 Å². The predicted octanol–water partition coefficient (Wildman–Crippen LogP) is 1.57. The van der Waals surface area contributed by atoms with Gasteiger partial charge in [-0.2, -0.15) is 0 Å². The molecule has 0 aliphatic heterocycles. The zero-order chi connectivity index (χ0) is 14.4. The second-order valence-electron chi connectivity index (χ2n) is 5.19. The molecule has 1 aromatic rings. The average Bonchev–Trinajstić information content (AvgIpc) is 2.52. The minimum absolute atomic E-state index is 0.119. The number of aliphatic hydroxyl groups excluding tert-OH is 1. The van der Waals surface area contributed by atoms with Gasteiger partial charge in [-0.25, -0.2) is 0 Å². The van der Waals surface area contributed by atoms with Crippen molar-refractivity contribution in [1.82, 2.24) is 10.3 Å². The Bertz CT molecular complexity index is 444. The first-order chi connectivity index (χ1) is 9.76. The van der Waals surface area contributed by atoms with Crippen LogP contribution in [0, 0.1) is 0 Å². The van der Waals surface area contributed by atoms with Gasteiger partial charge >= 0.3 is 0 Å². The summed E-state index contributed by atoms with van der Waals surface area (Å²) in [5.41, 5.74) is 1.39. The number of hydrogen-bond donors (Lipinski definition) is 2. The highest BCUT2D eigenvalue weighted by atomic mass is 16.3. The molecule has 0 bridgehead atoms. The maximum Gasteiger partial charge on any atom is 0.269 e. The molecule has 0 spiro atoms. The van der Waals surface area contributed by atoms with Crippen molar-refractivity contribution in [3.8, 4) is 0 Å². The molecule has 0 saturated heterocycles. The molecule has 0 radical (unpaired) electrons. The Labute approximate surface area is 120 Å². The van der Waals surface area contributed by atoms with Gasteiger partial charge in [0.05, 0.1) is 6.61 Å². The molecular formula is C15H23N3O2. The minimum Gasteiger partial charge on any atom is -0.395 e. The highest BCUT2D eigenvalue weighted by Crippen LogP contribution is 2.27. The molecule has 1 aromatic heterocycles. The molecule has 20 heavy (non-hydrogen) atoms. The topological polar surface area (TPSA) is 65.5 Å². The monoisotopic (exact) mass is 277 g/mol. The first-order valence-electron chi connectivity index (χ1n) is 7.32. The SMILES string of the molecule is CNC(=O)c1cc(N(CCO)C2CCCCC2)ccn1. The Hall–Kier alpha value is -1.62. The molecule has 1 aliphatic carbocycles.